The summed E-state index contributed by atoms with van der Waals surface area (Å²) in [7, 11) is 3.58. The fourth-order valence-corrected chi connectivity index (χ4v) is 2.84. The molecule has 1 aromatic carbocycles. The van der Waals surface area contributed by atoms with E-state index in [0.29, 0.717) is 0 Å². The molecule has 0 aliphatic carbocycles. The van der Waals surface area contributed by atoms with Crippen molar-refractivity contribution >= 4 is 27.3 Å². The van der Waals surface area contributed by atoms with Crippen molar-refractivity contribution in [2.75, 3.05) is 5.73 Å². The van der Waals surface area contributed by atoms with Gasteiger partial charge in [-0.05, 0) is 12.1 Å². The number of hydrogen-bond acceptors (Lipinski definition) is 3. The zero-order valence-corrected chi connectivity index (χ0v) is 9.84. The molecule has 3 heteroatoms. The van der Waals surface area contributed by atoms with Gasteiger partial charge in [0.2, 0.25) is 0 Å². The minimum atomic E-state index is 0.271. The molecule has 0 unspecified atom stereocenters. The van der Waals surface area contributed by atoms with Gasteiger partial charge in [-0.25, -0.2) is 0 Å². The lowest BCUT2D eigenvalue weighted by molar-refractivity contribution is 0.810. The highest BCUT2D eigenvalue weighted by molar-refractivity contribution is 8.77. The molecular formula is C10H15NS2. The molecule has 0 atom stereocenters. The van der Waals surface area contributed by atoms with Crippen molar-refractivity contribution < 1.29 is 0 Å². The molecule has 0 bridgehead atoms. The Morgan fingerprint density at radius 3 is 2.31 bits per heavy atom. The van der Waals surface area contributed by atoms with Crippen LogP contribution in [0.25, 0.3) is 0 Å². The molecule has 0 fully saturated rings. The quantitative estimate of drug-likeness (QED) is 0.597. The summed E-state index contributed by atoms with van der Waals surface area (Å²) < 4.78 is 0.271. The van der Waals surface area contributed by atoms with Crippen molar-refractivity contribution in [2.24, 2.45) is 0 Å². The Labute approximate surface area is 87.9 Å². The molecule has 1 aromatic rings. The van der Waals surface area contributed by atoms with E-state index in [0.717, 1.165) is 10.6 Å². The smallest absolute Gasteiger partial charge is 0.0460 e. The van der Waals surface area contributed by atoms with E-state index in [9.17, 15) is 0 Å². The Morgan fingerprint density at radius 2 is 1.77 bits per heavy atom. The normalized spacial score (nSPS) is 11.6. The van der Waals surface area contributed by atoms with Crippen LogP contribution in [-0.2, 0) is 0 Å². The summed E-state index contributed by atoms with van der Waals surface area (Å²) in [5.74, 6) is 0. The Bertz CT molecular complexity index is 278. The Kier molecular flexibility index (Phi) is 3.56. The van der Waals surface area contributed by atoms with Gasteiger partial charge in [-0.1, -0.05) is 54.5 Å². The summed E-state index contributed by atoms with van der Waals surface area (Å²) in [5.41, 5.74) is 6.68. The van der Waals surface area contributed by atoms with Gasteiger partial charge < -0.3 is 5.73 Å². The molecule has 72 valence electrons. The first kappa shape index (κ1) is 10.8. The number of benzene rings is 1. The Morgan fingerprint density at radius 1 is 1.15 bits per heavy atom. The van der Waals surface area contributed by atoms with Gasteiger partial charge in [0, 0.05) is 15.3 Å². The predicted molar refractivity (Wildman–Crippen MR) is 64.1 cm³/mol. The van der Waals surface area contributed by atoms with E-state index in [4.69, 9.17) is 5.73 Å². The molecule has 0 saturated heterocycles. The van der Waals surface area contributed by atoms with Gasteiger partial charge in [0.25, 0.3) is 0 Å². The number of hydrogen-bond donors (Lipinski definition) is 1. The maximum atomic E-state index is 5.82. The maximum absolute atomic E-state index is 5.82. The second-order valence-electron chi connectivity index (χ2n) is 3.82. The standard InChI is InChI=1S/C10H15NS2/c1-10(2,3)13-12-9-7-5-4-6-8(9)11/h4-7H,11H2,1-3H3. The van der Waals surface area contributed by atoms with Crippen molar-refractivity contribution in [1.29, 1.82) is 0 Å². The Hall–Kier alpha value is -0.280. The van der Waals surface area contributed by atoms with Gasteiger partial charge in [0.15, 0.2) is 0 Å². The van der Waals surface area contributed by atoms with E-state index in [1.54, 1.807) is 10.8 Å². The summed E-state index contributed by atoms with van der Waals surface area (Å²) in [6.45, 7) is 6.59. The van der Waals surface area contributed by atoms with Crippen molar-refractivity contribution in [3.63, 3.8) is 0 Å². The third-order valence-corrected chi connectivity index (χ3v) is 4.72. The average molecular weight is 213 g/mol. The van der Waals surface area contributed by atoms with E-state index in [2.05, 4.69) is 26.8 Å². The largest absolute Gasteiger partial charge is 0.398 e. The van der Waals surface area contributed by atoms with Crippen molar-refractivity contribution in [3.05, 3.63) is 24.3 Å². The molecule has 0 radical (unpaired) electrons. The van der Waals surface area contributed by atoms with E-state index in [1.807, 2.05) is 29.0 Å². The van der Waals surface area contributed by atoms with Crippen LogP contribution in [0.2, 0.25) is 0 Å². The van der Waals surface area contributed by atoms with E-state index < -0.39 is 0 Å². The average Bonchev–Trinajstić information content (AvgIpc) is 2.01. The highest BCUT2D eigenvalue weighted by atomic mass is 33.1. The number of rotatable bonds is 2. The molecule has 0 aromatic heterocycles. The molecule has 2 N–H and O–H groups in total. The highest BCUT2D eigenvalue weighted by Crippen LogP contribution is 2.42. The molecule has 0 aliphatic rings. The van der Waals surface area contributed by atoms with Crippen LogP contribution < -0.4 is 5.73 Å². The number of anilines is 1. The van der Waals surface area contributed by atoms with Crippen LogP contribution in [0.4, 0.5) is 5.69 Å². The topological polar surface area (TPSA) is 26.0 Å². The monoisotopic (exact) mass is 213 g/mol. The molecule has 1 nitrogen and oxygen atoms in total. The lowest BCUT2D eigenvalue weighted by Gasteiger charge is -2.16. The minimum Gasteiger partial charge on any atom is -0.398 e. The van der Waals surface area contributed by atoms with Crippen molar-refractivity contribution in [1.82, 2.24) is 0 Å². The van der Waals surface area contributed by atoms with Gasteiger partial charge in [-0.3, -0.25) is 0 Å². The molecule has 1 rings (SSSR count). The molecule has 0 heterocycles. The summed E-state index contributed by atoms with van der Waals surface area (Å²) in [6.07, 6.45) is 0. The summed E-state index contributed by atoms with van der Waals surface area (Å²) in [4.78, 5) is 1.16. The zero-order chi connectivity index (χ0) is 9.90. The van der Waals surface area contributed by atoms with Crippen LogP contribution in [-0.4, -0.2) is 4.75 Å². The second kappa shape index (κ2) is 4.29. The van der Waals surface area contributed by atoms with Crippen LogP contribution in [0.15, 0.2) is 29.2 Å². The minimum absolute atomic E-state index is 0.271. The fourth-order valence-electron chi connectivity index (χ4n) is 0.726. The number of nitrogens with two attached hydrogens (primary N) is 1. The third kappa shape index (κ3) is 3.96. The van der Waals surface area contributed by atoms with Crippen LogP contribution in [0.1, 0.15) is 20.8 Å². The second-order valence-corrected chi connectivity index (χ2v) is 6.81. The van der Waals surface area contributed by atoms with Crippen molar-refractivity contribution in [2.45, 2.75) is 30.4 Å². The zero-order valence-electron chi connectivity index (χ0n) is 8.20. The summed E-state index contributed by atoms with van der Waals surface area (Å²) in [6, 6.07) is 7.97. The summed E-state index contributed by atoms with van der Waals surface area (Å²) in [5, 5.41) is 0. The van der Waals surface area contributed by atoms with Gasteiger partial charge >= 0.3 is 0 Å². The lowest BCUT2D eigenvalue weighted by atomic mass is 10.3. The molecule has 0 aliphatic heterocycles. The lowest BCUT2D eigenvalue weighted by Crippen LogP contribution is -2.04. The van der Waals surface area contributed by atoms with Crippen LogP contribution in [0.3, 0.4) is 0 Å². The predicted octanol–water partition coefficient (Wildman–Crippen LogP) is 3.81. The SMILES string of the molecule is CC(C)(C)SSc1ccccc1N. The fraction of sp³-hybridized carbons (Fsp3) is 0.400. The Balaban J connectivity index is 2.60. The molecule has 0 spiro atoms. The first-order valence-corrected chi connectivity index (χ1v) is 6.34. The van der Waals surface area contributed by atoms with E-state index >= 15 is 0 Å². The van der Waals surface area contributed by atoms with Crippen LogP contribution in [0, 0.1) is 0 Å². The molecule has 0 saturated carbocycles. The number of para-hydroxylation sites is 1. The molecule has 0 amide bonds. The van der Waals surface area contributed by atoms with Crippen LogP contribution >= 0.6 is 21.6 Å². The molecular weight excluding hydrogens is 198 g/mol. The van der Waals surface area contributed by atoms with Crippen LogP contribution in [0.5, 0.6) is 0 Å². The van der Waals surface area contributed by atoms with Gasteiger partial charge in [-0.15, -0.1) is 0 Å². The highest BCUT2D eigenvalue weighted by Gasteiger charge is 2.12. The van der Waals surface area contributed by atoms with E-state index in [-0.39, 0.29) is 4.75 Å². The summed E-state index contributed by atoms with van der Waals surface area (Å²) >= 11 is 0. The van der Waals surface area contributed by atoms with E-state index in [1.165, 1.54) is 0 Å². The third-order valence-electron chi connectivity index (χ3n) is 1.30. The molecule has 13 heavy (non-hydrogen) atoms. The first-order valence-electron chi connectivity index (χ1n) is 4.19. The van der Waals surface area contributed by atoms with Gasteiger partial charge in [-0.2, -0.15) is 0 Å². The van der Waals surface area contributed by atoms with Crippen molar-refractivity contribution in [3.8, 4) is 0 Å². The van der Waals surface area contributed by atoms with Gasteiger partial charge in [0.1, 0.15) is 0 Å². The number of nitrogen functional groups attached to an aromatic ring is 1. The maximum Gasteiger partial charge on any atom is 0.0460 e. The first-order chi connectivity index (χ1) is 5.99. The van der Waals surface area contributed by atoms with Gasteiger partial charge in [0.05, 0.1) is 0 Å².